The minimum absolute atomic E-state index is 0.660. The molecule has 73 valence electrons. The van der Waals surface area contributed by atoms with E-state index in [1.54, 1.807) is 0 Å². The lowest BCUT2D eigenvalue weighted by molar-refractivity contribution is 0.280. The minimum atomic E-state index is 0.660. The molecule has 2 heterocycles. The number of nitrogens with one attached hydrogen (secondary N) is 1. The zero-order valence-corrected chi connectivity index (χ0v) is 8.34. The molecule has 2 aliphatic heterocycles. The average Bonchev–Trinajstić information content (AvgIpc) is 2.47. The highest BCUT2D eigenvalue weighted by Gasteiger charge is 2.27. The van der Waals surface area contributed by atoms with E-state index < -0.39 is 0 Å². The standard InChI is InChI=1S/C11H20N2/c1-3-7-11(12-8-4-1)13-9-5-2-6-10-13/h2,5,11-12H,1,3-4,6-10H2/q+1. The van der Waals surface area contributed by atoms with E-state index in [0.717, 1.165) is 6.54 Å². The number of hydrogen-bond acceptors (Lipinski definition) is 2. The molecule has 0 bridgehead atoms. The molecule has 2 heteroatoms. The van der Waals surface area contributed by atoms with Gasteiger partial charge in [-0.25, -0.2) is 0 Å². The number of hydrogen-bond donors (Lipinski definition) is 1. The van der Waals surface area contributed by atoms with E-state index in [4.69, 9.17) is 0 Å². The topological polar surface area (TPSA) is 17.9 Å². The highest BCUT2D eigenvalue weighted by atomic mass is 15.3. The molecule has 2 nitrogen and oxygen atoms in total. The third-order valence-electron chi connectivity index (χ3n) is 3.06. The van der Waals surface area contributed by atoms with Crippen LogP contribution in [0.5, 0.6) is 0 Å². The Morgan fingerprint density at radius 2 is 2.15 bits per heavy atom. The maximum absolute atomic E-state index is 3.64. The van der Waals surface area contributed by atoms with E-state index in [9.17, 15) is 0 Å². The predicted molar refractivity (Wildman–Crippen MR) is 55.9 cm³/mol. The minimum Gasteiger partial charge on any atom is -0.264 e. The van der Waals surface area contributed by atoms with Crippen LogP contribution in [0.3, 0.4) is 0 Å². The molecule has 1 unspecified atom stereocenters. The molecule has 2 rings (SSSR count). The van der Waals surface area contributed by atoms with Crippen LogP contribution in [-0.4, -0.2) is 25.8 Å². The Kier molecular flexibility index (Phi) is 3.39. The van der Waals surface area contributed by atoms with Crippen LogP contribution in [0, 0.1) is 0 Å². The first-order chi connectivity index (χ1) is 6.47. The van der Waals surface area contributed by atoms with Gasteiger partial charge in [-0.15, -0.1) is 4.90 Å². The van der Waals surface area contributed by atoms with E-state index in [1.807, 2.05) is 0 Å². The lowest BCUT2D eigenvalue weighted by Gasteiger charge is -2.22. The molecule has 0 spiro atoms. The molecular formula is C11H20N2+. The van der Waals surface area contributed by atoms with Crippen molar-refractivity contribution in [2.24, 2.45) is 0 Å². The van der Waals surface area contributed by atoms with Crippen LogP contribution in [0.4, 0.5) is 0 Å². The molecule has 2 aliphatic rings. The molecule has 0 aromatic rings. The Morgan fingerprint density at radius 1 is 1.15 bits per heavy atom. The molecule has 1 saturated heterocycles. The van der Waals surface area contributed by atoms with Gasteiger partial charge in [0, 0.05) is 19.4 Å². The maximum Gasteiger partial charge on any atom is 0.186 e. The summed E-state index contributed by atoms with van der Waals surface area (Å²) in [5.41, 5.74) is 0. The quantitative estimate of drug-likeness (QED) is 0.479. The van der Waals surface area contributed by atoms with Crippen molar-refractivity contribution in [2.45, 2.75) is 38.3 Å². The molecule has 0 amide bonds. The van der Waals surface area contributed by atoms with Gasteiger partial charge in [0.2, 0.25) is 0 Å². The maximum atomic E-state index is 3.64. The Bertz CT molecular complexity index is 169. The van der Waals surface area contributed by atoms with E-state index in [2.05, 4.69) is 22.4 Å². The van der Waals surface area contributed by atoms with Gasteiger partial charge in [-0.2, -0.15) is 0 Å². The fourth-order valence-corrected chi connectivity index (χ4v) is 2.26. The number of nitrogens with zero attached hydrogens (tertiary/aromatic N) is 1. The van der Waals surface area contributed by atoms with Crippen molar-refractivity contribution in [1.29, 1.82) is 0 Å². The van der Waals surface area contributed by atoms with Crippen molar-refractivity contribution < 1.29 is 0 Å². The Morgan fingerprint density at radius 3 is 3.00 bits per heavy atom. The Labute approximate surface area is 81.0 Å². The monoisotopic (exact) mass is 180 g/mol. The third kappa shape index (κ3) is 2.55. The van der Waals surface area contributed by atoms with Crippen molar-refractivity contribution in [1.82, 2.24) is 10.2 Å². The smallest absolute Gasteiger partial charge is 0.186 e. The third-order valence-corrected chi connectivity index (χ3v) is 3.06. The largest absolute Gasteiger partial charge is 0.264 e. The lowest BCUT2D eigenvalue weighted by atomic mass is 10.1. The first kappa shape index (κ1) is 9.22. The van der Waals surface area contributed by atoms with Crippen LogP contribution in [0.1, 0.15) is 32.1 Å². The molecule has 1 N–H and O–H groups in total. The summed E-state index contributed by atoms with van der Waals surface area (Å²) in [5.74, 6) is 0. The van der Waals surface area contributed by atoms with Gasteiger partial charge in [-0.1, -0.05) is 12.5 Å². The van der Waals surface area contributed by atoms with E-state index in [0.29, 0.717) is 6.17 Å². The van der Waals surface area contributed by atoms with Crippen molar-refractivity contribution in [3.8, 4) is 0 Å². The van der Waals surface area contributed by atoms with Crippen molar-refractivity contribution in [2.75, 3.05) is 19.6 Å². The summed E-state index contributed by atoms with van der Waals surface area (Å²) < 4.78 is 0. The van der Waals surface area contributed by atoms with Gasteiger partial charge >= 0.3 is 0 Å². The Hall–Kier alpha value is -0.340. The van der Waals surface area contributed by atoms with Gasteiger partial charge in [-0.05, 0) is 18.9 Å². The molecule has 1 atom stereocenters. The van der Waals surface area contributed by atoms with Crippen molar-refractivity contribution in [3.63, 3.8) is 0 Å². The average molecular weight is 180 g/mol. The fraction of sp³-hybridized carbons (Fsp3) is 0.818. The van der Waals surface area contributed by atoms with Gasteiger partial charge in [0.05, 0.1) is 0 Å². The molecular weight excluding hydrogens is 160 g/mol. The summed E-state index contributed by atoms with van der Waals surface area (Å²) in [4.78, 5) is 2.57. The summed E-state index contributed by atoms with van der Waals surface area (Å²) in [6.45, 7) is 3.61. The zero-order valence-electron chi connectivity index (χ0n) is 8.34. The van der Waals surface area contributed by atoms with Gasteiger partial charge in [-0.3, -0.25) is 5.32 Å². The highest BCUT2D eigenvalue weighted by Crippen LogP contribution is 2.12. The van der Waals surface area contributed by atoms with Gasteiger partial charge in [0.25, 0.3) is 0 Å². The van der Waals surface area contributed by atoms with Crippen LogP contribution in [0.15, 0.2) is 12.2 Å². The van der Waals surface area contributed by atoms with Crippen LogP contribution in [0.25, 0.3) is 0 Å². The van der Waals surface area contributed by atoms with Gasteiger partial charge < -0.3 is 0 Å². The van der Waals surface area contributed by atoms with Crippen LogP contribution < -0.4 is 10.2 Å². The summed E-state index contributed by atoms with van der Waals surface area (Å²) in [7, 11) is 0. The van der Waals surface area contributed by atoms with Crippen LogP contribution in [-0.2, 0) is 0 Å². The molecule has 0 aromatic heterocycles. The molecule has 0 aliphatic carbocycles. The molecule has 1 radical (unpaired) electrons. The lowest BCUT2D eigenvalue weighted by Crippen LogP contribution is -2.50. The summed E-state index contributed by atoms with van der Waals surface area (Å²) in [6, 6.07) is 0. The highest BCUT2D eigenvalue weighted by molar-refractivity contribution is 4.95. The van der Waals surface area contributed by atoms with Crippen LogP contribution in [0.2, 0.25) is 0 Å². The van der Waals surface area contributed by atoms with Gasteiger partial charge in [0.15, 0.2) is 6.17 Å². The molecule has 13 heavy (non-hydrogen) atoms. The summed E-state index contributed by atoms with van der Waals surface area (Å²) in [5, 5.41) is 3.64. The number of rotatable bonds is 1. The van der Waals surface area contributed by atoms with Crippen molar-refractivity contribution >= 4 is 0 Å². The van der Waals surface area contributed by atoms with Crippen molar-refractivity contribution in [3.05, 3.63) is 12.2 Å². The van der Waals surface area contributed by atoms with E-state index in [1.165, 1.54) is 45.2 Å². The predicted octanol–water partition coefficient (Wildman–Crippen LogP) is 1.58. The molecule has 1 fully saturated rings. The fourth-order valence-electron chi connectivity index (χ4n) is 2.26. The zero-order chi connectivity index (χ0) is 8.93. The summed E-state index contributed by atoms with van der Waals surface area (Å²) >= 11 is 0. The molecule has 0 aromatic carbocycles. The van der Waals surface area contributed by atoms with Crippen LogP contribution >= 0.6 is 0 Å². The summed E-state index contributed by atoms with van der Waals surface area (Å²) in [6.07, 6.45) is 12.0. The second-order valence-corrected chi connectivity index (χ2v) is 4.07. The van der Waals surface area contributed by atoms with E-state index in [-0.39, 0.29) is 0 Å². The second-order valence-electron chi connectivity index (χ2n) is 4.07. The first-order valence-electron chi connectivity index (χ1n) is 5.59. The molecule has 0 saturated carbocycles. The first-order valence-corrected chi connectivity index (χ1v) is 5.59. The van der Waals surface area contributed by atoms with E-state index >= 15 is 0 Å². The van der Waals surface area contributed by atoms with Gasteiger partial charge in [0.1, 0.15) is 13.1 Å². The second kappa shape index (κ2) is 4.77. The normalized spacial score (nSPS) is 31.5. The Balaban J connectivity index is 1.86. The SMILES string of the molecule is C1=CC[N+](C2CCCCCN2)CC1.